The van der Waals surface area contributed by atoms with E-state index in [2.05, 4.69) is 27.5 Å². The first-order valence-corrected chi connectivity index (χ1v) is 6.95. The second kappa shape index (κ2) is 6.70. The number of hydrogen-bond donors (Lipinski definition) is 3. The molecule has 1 unspecified atom stereocenters. The predicted octanol–water partition coefficient (Wildman–Crippen LogP) is 2.35. The van der Waals surface area contributed by atoms with Crippen LogP contribution in [0.15, 0.2) is 0 Å². The zero-order chi connectivity index (χ0) is 14.5. The van der Waals surface area contributed by atoms with Crippen molar-refractivity contribution < 1.29 is 5.11 Å². The fraction of sp³-hybridized carbons (Fsp3) is 0.714. The summed E-state index contributed by atoms with van der Waals surface area (Å²) in [6.07, 6.45) is 2.57. The maximum Gasteiger partial charge on any atom is 0.134 e. The molecule has 1 rings (SSSR count). The fourth-order valence-electron chi connectivity index (χ4n) is 1.71. The Balaban J connectivity index is 2.95. The summed E-state index contributed by atoms with van der Waals surface area (Å²) >= 11 is 0. The van der Waals surface area contributed by atoms with Crippen molar-refractivity contribution in [2.24, 2.45) is 0 Å². The van der Waals surface area contributed by atoms with Gasteiger partial charge in [-0.15, -0.1) is 0 Å². The molecule has 0 aliphatic rings. The highest BCUT2D eigenvalue weighted by atomic mass is 16.3. The molecule has 0 saturated carbocycles. The summed E-state index contributed by atoms with van der Waals surface area (Å²) < 4.78 is 0. The van der Waals surface area contributed by atoms with Gasteiger partial charge in [0.05, 0.1) is 5.60 Å². The van der Waals surface area contributed by atoms with Crippen LogP contribution in [-0.2, 0) is 6.42 Å². The Morgan fingerprint density at radius 1 is 1.21 bits per heavy atom. The number of nitrogens with zero attached hydrogens (tertiary/aromatic N) is 2. The molecule has 0 aliphatic carbocycles. The zero-order valence-electron chi connectivity index (χ0n) is 12.7. The summed E-state index contributed by atoms with van der Waals surface area (Å²) in [5.41, 5.74) is 0.261. The van der Waals surface area contributed by atoms with E-state index >= 15 is 0 Å². The van der Waals surface area contributed by atoms with Gasteiger partial charge < -0.3 is 15.7 Å². The van der Waals surface area contributed by atoms with Crippen molar-refractivity contribution in [3.8, 4) is 0 Å². The van der Waals surface area contributed by atoms with E-state index in [-0.39, 0.29) is 0 Å². The van der Waals surface area contributed by atoms with Crippen molar-refractivity contribution in [3.05, 3.63) is 11.4 Å². The smallest absolute Gasteiger partial charge is 0.134 e. The number of anilines is 2. The van der Waals surface area contributed by atoms with Crippen molar-refractivity contribution in [3.63, 3.8) is 0 Å². The zero-order valence-corrected chi connectivity index (χ0v) is 12.7. The highest BCUT2D eigenvalue weighted by molar-refractivity contribution is 5.57. The minimum absolute atomic E-state index is 0.482. The van der Waals surface area contributed by atoms with Crippen molar-refractivity contribution in [2.45, 2.75) is 52.6 Å². The number of rotatable bonds is 7. The minimum Gasteiger partial charge on any atom is -0.388 e. The van der Waals surface area contributed by atoms with Crippen LogP contribution in [0.5, 0.6) is 0 Å². The fourth-order valence-corrected chi connectivity index (χ4v) is 1.71. The Morgan fingerprint density at radius 3 is 2.37 bits per heavy atom. The lowest BCUT2D eigenvalue weighted by atomic mass is 10.0. The monoisotopic (exact) mass is 266 g/mol. The van der Waals surface area contributed by atoms with Crippen molar-refractivity contribution >= 4 is 11.6 Å². The second-order valence-corrected chi connectivity index (χ2v) is 5.17. The van der Waals surface area contributed by atoms with Crippen LogP contribution in [0, 0.1) is 6.92 Å². The van der Waals surface area contributed by atoms with E-state index < -0.39 is 5.60 Å². The normalized spacial score (nSPS) is 14.0. The molecule has 0 saturated heterocycles. The molecule has 1 atom stereocenters. The molecule has 0 bridgehead atoms. The van der Waals surface area contributed by atoms with Gasteiger partial charge in [0, 0.05) is 25.6 Å². The van der Waals surface area contributed by atoms with E-state index in [0.717, 1.165) is 35.9 Å². The lowest BCUT2D eigenvalue weighted by Crippen LogP contribution is -2.33. The third kappa shape index (κ3) is 4.35. The van der Waals surface area contributed by atoms with Crippen molar-refractivity contribution in [2.75, 3.05) is 24.2 Å². The van der Waals surface area contributed by atoms with E-state index in [9.17, 15) is 5.11 Å². The van der Waals surface area contributed by atoms with Gasteiger partial charge in [0.2, 0.25) is 0 Å². The van der Waals surface area contributed by atoms with E-state index in [0.29, 0.717) is 13.0 Å². The summed E-state index contributed by atoms with van der Waals surface area (Å²) in [6, 6.07) is 0. The lowest BCUT2D eigenvalue weighted by molar-refractivity contribution is 0.0696. The largest absolute Gasteiger partial charge is 0.388 e. The number of aliphatic hydroxyl groups is 1. The van der Waals surface area contributed by atoms with Gasteiger partial charge in [-0.1, -0.05) is 13.8 Å². The van der Waals surface area contributed by atoms with E-state index in [4.69, 9.17) is 0 Å². The number of hydrogen-bond acceptors (Lipinski definition) is 5. The van der Waals surface area contributed by atoms with Crippen molar-refractivity contribution in [1.29, 1.82) is 0 Å². The maximum absolute atomic E-state index is 10.1. The highest BCUT2D eigenvalue weighted by Gasteiger charge is 2.18. The molecule has 0 aromatic carbocycles. The maximum atomic E-state index is 10.1. The Hall–Kier alpha value is -1.36. The molecule has 3 N–H and O–H groups in total. The molecular weight excluding hydrogens is 240 g/mol. The van der Waals surface area contributed by atoms with Crippen LogP contribution >= 0.6 is 0 Å². The van der Waals surface area contributed by atoms with Gasteiger partial charge in [-0.3, -0.25) is 0 Å². The Bertz CT molecular complexity index is 418. The molecule has 19 heavy (non-hydrogen) atoms. The van der Waals surface area contributed by atoms with Gasteiger partial charge in [0.1, 0.15) is 17.5 Å². The third-order valence-electron chi connectivity index (χ3n) is 3.30. The third-order valence-corrected chi connectivity index (χ3v) is 3.30. The average molecular weight is 266 g/mol. The molecule has 108 valence electrons. The van der Waals surface area contributed by atoms with Crippen LogP contribution in [0.4, 0.5) is 11.6 Å². The average Bonchev–Trinajstić information content (AvgIpc) is 2.39. The van der Waals surface area contributed by atoms with E-state index in [1.54, 1.807) is 0 Å². The summed E-state index contributed by atoms with van der Waals surface area (Å²) in [5.74, 6) is 2.48. The molecule has 0 aliphatic heterocycles. The molecule has 1 heterocycles. The molecule has 1 aromatic rings. The summed E-state index contributed by atoms with van der Waals surface area (Å²) in [6.45, 7) is 8.36. The Labute approximate surface area is 115 Å². The Kier molecular flexibility index (Phi) is 5.54. The SMILES string of the molecule is CCCc1nc(NC)c(C)c(NCC(C)(O)CC)n1. The molecule has 5 nitrogen and oxygen atoms in total. The van der Waals surface area contributed by atoms with Gasteiger partial charge in [-0.05, 0) is 26.7 Å². The van der Waals surface area contributed by atoms with E-state index in [1.807, 2.05) is 27.8 Å². The number of aryl methyl sites for hydroxylation is 1. The van der Waals surface area contributed by atoms with Gasteiger partial charge in [-0.2, -0.15) is 0 Å². The van der Waals surface area contributed by atoms with E-state index in [1.165, 1.54) is 0 Å². The molecule has 0 amide bonds. The van der Waals surface area contributed by atoms with Crippen LogP contribution in [-0.4, -0.2) is 34.3 Å². The number of aromatic nitrogens is 2. The molecule has 5 heteroatoms. The van der Waals surface area contributed by atoms with Crippen LogP contribution in [0.25, 0.3) is 0 Å². The molecule has 0 fully saturated rings. The predicted molar refractivity (Wildman–Crippen MR) is 79.7 cm³/mol. The quantitative estimate of drug-likeness (QED) is 0.706. The van der Waals surface area contributed by atoms with Crippen LogP contribution in [0.1, 0.15) is 45.0 Å². The summed E-state index contributed by atoms with van der Waals surface area (Å²) in [7, 11) is 1.86. The van der Waals surface area contributed by atoms with Crippen LogP contribution in [0.3, 0.4) is 0 Å². The van der Waals surface area contributed by atoms with Crippen molar-refractivity contribution in [1.82, 2.24) is 9.97 Å². The minimum atomic E-state index is -0.720. The molecule has 0 radical (unpaired) electrons. The molecule has 0 spiro atoms. The number of nitrogens with one attached hydrogen (secondary N) is 2. The second-order valence-electron chi connectivity index (χ2n) is 5.17. The van der Waals surface area contributed by atoms with Gasteiger partial charge in [0.15, 0.2) is 0 Å². The Morgan fingerprint density at radius 2 is 1.84 bits per heavy atom. The van der Waals surface area contributed by atoms with Crippen LogP contribution < -0.4 is 10.6 Å². The first-order valence-electron chi connectivity index (χ1n) is 6.95. The van der Waals surface area contributed by atoms with Crippen LogP contribution in [0.2, 0.25) is 0 Å². The van der Waals surface area contributed by atoms with Gasteiger partial charge in [-0.25, -0.2) is 9.97 Å². The van der Waals surface area contributed by atoms with Gasteiger partial charge in [0.25, 0.3) is 0 Å². The first-order chi connectivity index (χ1) is 8.93. The molecular formula is C14H26N4O. The lowest BCUT2D eigenvalue weighted by Gasteiger charge is -2.23. The summed E-state index contributed by atoms with van der Waals surface area (Å²) in [5, 5.41) is 16.4. The highest BCUT2D eigenvalue weighted by Crippen LogP contribution is 2.21. The topological polar surface area (TPSA) is 70.1 Å². The standard InChI is InChI=1S/C14H26N4O/c1-6-8-11-17-12(15-5)10(3)13(18-11)16-9-14(4,19)7-2/h19H,6-9H2,1-5H3,(H2,15,16,17,18). The van der Waals surface area contributed by atoms with Gasteiger partial charge >= 0.3 is 0 Å². The first kappa shape index (κ1) is 15.7. The molecule has 1 aromatic heterocycles. The summed E-state index contributed by atoms with van der Waals surface area (Å²) in [4.78, 5) is 9.02.